The molecule has 0 saturated carbocycles. The van der Waals surface area contributed by atoms with Gasteiger partial charge in [-0.05, 0) is 44.4 Å². The Morgan fingerprint density at radius 1 is 1.35 bits per heavy atom. The van der Waals surface area contributed by atoms with E-state index in [1.807, 2.05) is 13.0 Å². The van der Waals surface area contributed by atoms with Gasteiger partial charge in [0, 0.05) is 29.9 Å². The zero-order chi connectivity index (χ0) is 16.2. The van der Waals surface area contributed by atoms with Gasteiger partial charge in [-0.15, -0.1) is 0 Å². The van der Waals surface area contributed by atoms with Gasteiger partial charge in [0.15, 0.2) is 0 Å². The first-order valence-corrected chi connectivity index (χ1v) is 8.27. The third-order valence-corrected chi connectivity index (χ3v) is 4.49. The molecule has 1 aliphatic carbocycles. The van der Waals surface area contributed by atoms with Crippen LogP contribution in [0.1, 0.15) is 37.8 Å². The van der Waals surface area contributed by atoms with Crippen LogP contribution in [0.4, 0.5) is 10.1 Å². The van der Waals surface area contributed by atoms with Crippen molar-refractivity contribution in [2.75, 3.05) is 31.2 Å². The molecule has 1 fully saturated rings. The van der Waals surface area contributed by atoms with Crippen molar-refractivity contribution in [3.8, 4) is 0 Å². The maximum Gasteiger partial charge on any atom is 0.247 e. The van der Waals surface area contributed by atoms with E-state index in [-0.39, 0.29) is 17.8 Å². The number of hydrogen-bond donors (Lipinski definition) is 1. The van der Waals surface area contributed by atoms with E-state index in [2.05, 4.69) is 10.2 Å². The summed E-state index contributed by atoms with van der Waals surface area (Å²) >= 11 is 0. The highest BCUT2D eigenvalue weighted by Crippen LogP contribution is 2.29. The molecular formula is C18H23FN2O2. The lowest BCUT2D eigenvalue weighted by molar-refractivity contribution is -0.118. The summed E-state index contributed by atoms with van der Waals surface area (Å²) in [6.07, 6.45) is 4.83. The molecule has 1 aliphatic heterocycles. The summed E-state index contributed by atoms with van der Waals surface area (Å²) < 4.78 is 19.1. The van der Waals surface area contributed by atoms with E-state index >= 15 is 0 Å². The van der Waals surface area contributed by atoms with Gasteiger partial charge in [-0.3, -0.25) is 4.79 Å². The van der Waals surface area contributed by atoms with E-state index in [1.54, 1.807) is 6.07 Å². The molecule has 1 atom stereocenters. The van der Waals surface area contributed by atoms with Crippen molar-refractivity contribution in [1.82, 2.24) is 5.32 Å². The number of morpholine rings is 1. The van der Waals surface area contributed by atoms with Crippen LogP contribution in [0.3, 0.4) is 0 Å². The lowest BCUT2D eigenvalue weighted by atomic mass is 10.0. The third kappa shape index (κ3) is 3.72. The molecule has 1 aromatic rings. The quantitative estimate of drug-likeness (QED) is 0.928. The van der Waals surface area contributed by atoms with Crippen LogP contribution in [0.2, 0.25) is 0 Å². The minimum absolute atomic E-state index is 0.0350. The average molecular weight is 318 g/mol. The average Bonchev–Trinajstić information content (AvgIpc) is 3.10. The molecule has 0 aromatic heterocycles. The molecule has 124 valence electrons. The Kier molecular flexibility index (Phi) is 4.96. The second-order valence-electron chi connectivity index (χ2n) is 6.12. The summed E-state index contributed by atoms with van der Waals surface area (Å²) in [4.78, 5) is 14.5. The largest absolute Gasteiger partial charge is 0.378 e. The molecule has 4 nitrogen and oxygen atoms in total. The van der Waals surface area contributed by atoms with Gasteiger partial charge >= 0.3 is 0 Å². The number of ether oxygens (including phenoxy) is 1. The molecule has 5 heteroatoms. The van der Waals surface area contributed by atoms with Crippen molar-refractivity contribution < 1.29 is 13.9 Å². The van der Waals surface area contributed by atoms with Gasteiger partial charge < -0.3 is 15.0 Å². The molecule has 1 heterocycles. The Hall–Kier alpha value is -1.88. The standard InChI is InChI=1S/C18H23FN2O2/c1-13(20-18(22)14-4-2-3-5-14)16-12-15(19)6-7-17(16)21-8-10-23-11-9-21/h4,6-7,12-13H,2-3,5,8-11H2,1H3,(H,20,22)/t13-/m1/s1. The number of halogens is 1. The van der Waals surface area contributed by atoms with Crippen LogP contribution in [-0.4, -0.2) is 32.2 Å². The monoisotopic (exact) mass is 318 g/mol. The Bertz CT molecular complexity index is 609. The number of rotatable bonds is 4. The molecule has 0 radical (unpaired) electrons. The number of hydrogen-bond acceptors (Lipinski definition) is 3. The van der Waals surface area contributed by atoms with Crippen LogP contribution >= 0.6 is 0 Å². The van der Waals surface area contributed by atoms with Gasteiger partial charge in [-0.2, -0.15) is 0 Å². The maximum atomic E-state index is 13.7. The zero-order valence-corrected chi connectivity index (χ0v) is 13.5. The van der Waals surface area contributed by atoms with Crippen LogP contribution in [0.25, 0.3) is 0 Å². The van der Waals surface area contributed by atoms with Gasteiger partial charge in [0.2, 0.25) is 5.91 Å². The van der Waals surface area contributed by atoms with Gasteiger partial charge in [-0.1, -0.05) is 6.08 Å². The zero-order valence-electron chi connectivity index (χ0n) is 13.5. The number of carbonyl (C=O) groups excluding carboxylic acids is 1. The van der Waals surface area contributed by atoms with Crippen molar-refractivity contribution in [2.45, 2.75) is 32.2 Å². The van der Waals surface area contributed by atoms with Crippen molar-refractivity contribution in [3.63, 3.8) is 0 Å². The number of benzene rings is 1. The highest BCUT2D eigenvalue weighted by atomic mass is 19.1. The number of carbonyl (C=O) groups is 1. The number of nitrogens with zero attached hydrogens (tertiary/aromatic N) is 1. The molecule has 3 rings (SSSR count). The number of anilines is 1. The topological polar surface area (TPSA) is 41.6 Å². The van der Waals surface area contributed by atoms with Crippen LogP contribution < -0.4 is 10.2 Å². The molecule has 1 amide bonds. The van der Waals surface area contributed by atoms with Gasteiger partial charge in [0.25, 0.3) is 0 Å². The van der Waals surface area contributed by atoms with Gasteiger partial charge in [0.1, 0.15) is 5.82 Å². The fourth-order valence-electron chi connectivity index (χ4n) is 3.21. The van der Waals surface area contributed by atoms with Crippen LogP contribution in [0.5, 0.6) is 0 Å². The molecule has 2 aliphatic rings. The Morgan fingerprint density at radius 3 is 2.83 bits per heavy atom. The number of amides is 1. The summed E-state index contributed by atoms with van der Waals surface area (Å²) in [5, 5.41) is 3.01. The summed E-state index contributed by atoms with van der Waals surface area (Å²) in [6, 6.07) is 4.56. The van der Waals surface area contributed by atoms with E-state index in [9.17, 15) is 9.18 Å². The first-order chi connectivity index (χ1) is 11.1. The van der Waals surface area contributed by atoms with Gasteiger partial charge in [-0.25, -0.2) is 4.39 Å². The molecule has 0 unspecified atom stereocenters. The van der Waals surface area contributed by atoms with E-state index in [0.29, 0.717) is 13.2 Å². The normalized spacial score (nSPS) is 19.4. The second kappa shape index (κ2) is 7.13. The highest BCUT2D eigenvalue weighted by Gasteiger charge is 2.21. The fraction of sp³-hybridized carbons (Fsp3) is 0.500. The lowest BCUT2D eigenvalue weighted by Gasteiger charge is -2.32. The van der Waals surface area contributed by atoms with Gasteiger partial charge in [0.05, 0.1) is 19.3 Å². The minimum atomic E-state index is -0.279. The summed E-state index contributed by atoms with van der Waals surface area (Å²) in [5.74, 6) is -0.314. The summed E-state index contributed by atoms with van der Waals surface area (Å²) in [5.41, 5.74) is 2.64. The van der Waals surface area contributed by atoms with Crippen molar-refractivity contribution in [3.05, 3.63) is 41.2 Å². The Morgan fingerprint density at radius 2 is 2.13 bits per heavy atom. The van der Waals surface area contributed by atoms with E-state index in [0.717, 1.165) is 49.2 Å². The molecule has 23 heavy (non-hydrogen) atoms. The minimum Gasteiger partial charge on any atom is -0.378 e. The summed E-state index contributed by atoms with van der Waals surface area (Å²) in [7, 11) is 0. The maximum absolute atomic E-state index is 13.7. The van der Waals surface area contributed by atoms with Crippen molar-refractivity contribution in [1.29, 1.82) is 0 Å². The van der Waals surface area contributed by atoms with Crippen molar-refractivity contribution in [2.24, 2.45) is 0 Å². The SMILES string of the molecule is C[C@@H](NC(=O)C1=CCCC1)c1cc(F)ccc1N1CCOCC1. The molecular weight excluding hydrogens is 295 g/mol. The summed E-state index contributed by atoms with van der Waals surface area (Å²) in [6.45, 7) is 4.82. The van der Waals surface area contributed by atoms with Crippen LogP contribution in [-0.2, 0) is 9.53 Å². The van der Waals surface area contributed by atoms with Crippen molar-refractivity contribution >= 4 is 11.6 Å². The molecule has 0 bridgehead atoms. The molecule has 1 aromatic carbocycles. The number of nitrogens with one attached hydrogen (secondary N) is 1. The smallest absolute Gasteiger partial charge is 0.247 e. The van der Waals surface area contributed by atoms with Crippen LogP contribution in [0, 0.1) is 5.82 Å². The predicted molar refractivity (Wildman–Crippen MR) is 87.9 cm³/mol. The third-order valence-electron chi connectivity index (χ3n) is 4.49. The molecule has 0 spiro atoms. The second-order valence-corrected chi connectivity index (χ2v) is 6.12. The first-order valence-electron chi connectivity index (χ1n) is 8.27. The first kappa shape index (κ1) is 16.0. The number of allylic oxidation sites excluding steroid dienone is 1. The molecule has 1 saturated heterocycles. The molecule has 1 N–H and O–H groups in total. The predicted octanol–water partition coefficient (Wildman–Crippen LogP) is 2.95. The Labute approximate surface area is 136 Å². The van der Waals surface area contributed by atoms with E-state index in [4.69, 9.17) is 4.74 Å². The Balaban J connectivity index is 1.79. The van der Waals surface area contributed by atoms with Crippen LogP contribution in [0.15, 0.2) is 29.8 Å². The van der Waals surface area contributed by atoms with E-state index in [1.165, 1.54) is 12.1 Å². The lowest BCUT2D eigenvalue weighted by Crippen LogP contribution is -2.37. The van der Waals surface area contributed by atoms with E-state index < -0.39 is 0 Å². The fourth-order valence-corrected chi connectivity index (χ4v) is 3.21. The highest BCUT2D eigenvalue weighted by molar-refractivity contribution is 5.94.